The normalized spacial score (nSPS) is 14.1. The number of nitrogens with zero attached hydrogens (tertiary/aromatic N) is 1. The fraction of sp³-hybridized carbons (Fsp3) is 1.00. The number of hydrogen-bond donors (Lipinski definition) is 2. The van der Waals surface area contributed by atoms with Crippen LogP contribution in [0.4, 0.5) is 0 Å². The summed E-state index contributed by atoms with van der Waals surface area (Å²) in [4.78, 5) is 0. The first-order valence-electron chi connectivity index (χ1n) is 3.82. The maximum absolute atomic E-state index is 8.94. The average molecular weight is 147 g/mol. The molecule has 0 rings (SSSR count). The van der Waals surface area contributed by atoms with E-state index in [-0.39, 0.29) is 0 Å². The molecule has 10 heavy (non-hydrogen) atoms. The van der Waals surface area contributed by atoms with Gasteiger partial charge in [0.25, 0.3) is 0 Å². The van der Waals surface area contributed by atoms with Crippen molar-refractivity contribution in [3.05, 3.63) is 0 Å². The van der Waals surface area contributed by atoms with E-state index in [4.69, 9.17) is 10.3 Å². The molecular formula is C7H17NO2. The number of aliphatic hydroxyl groups is 1. The summed E-state index contributed by atoms with van der Waals surface area (Å²) >= 11 is 0. The zero-order valence-corrected chi connectivity index (χ0v) is 6.75. The van der Waals surface area contributed by atoms with Crippen molar-refractivity contribution in [2.45, 2.75) is 39.3 Å². The van der Waals surface area contributed by atoms with E-state index in [9.17, 15) is 0 Å². The molecule has 0 saturated heterocycles. The number of hydrogen-bond acceptors (Lipinski definition) is 3. The Labute approximate surface area is 62.2 Å². The van der Waals surface area contributed by atoms with Crippen LogP contribution < -0.4 is 0 Å². The molecule has 0 aliphatic rings. The molecule has 3 nitrogen and oxygen atoms in total. The van der Waals surface area contributed by atoms with Gasteiger partial charge in [0.15, 0.2) is 0 Å². The molecule has 0 aromatic rings. The van der Waals surface area contributed by atoms with Crippen LogP contribution in [0.25, 0.3) is 0 Å². The van der Waals surface area contributed by atoms with Crippen LogP contribution in [0.15, 0.2) is 0 Å². The first-order chi connectivity index (χ1) is 4.68. The number of hydroxylamine groups is 2. The molecule has 62 valence electrons. The van der Waals surface area contributed by atoms with Crippen LogP contribution in [-0.4, -0.2) is 28.1 Å². The fourth-order valence-corrected chi connectivity index (χ4v) is 0.711. The second-order valence-corrected chi connectivity index (χ2v) is 2.50. The highest BCUT2D eigenvalue weighted by molar-refractivity contribution is 4.45. The van der Waals surface area contributed by atoms with Gasteiger partial charge in [-0.15, -0.1) is 0 Å². The van der Waals surface area contributed by atoms with E-state index < -0.39 is 6.23 Å². The molecule has 0 aromatic heterocycles. The Morgan fingerprint density at radius 3 is 2.40 bits per heavy atom. The molecule has 2 N–H and O–H groups in total. The maximum atomic E-state index is 8.94. The van der Waals surface area contributed by atoms with Crippen LogP contribution in [0.3, 0.4) is 0 Å². The van der Waals surface area contributed by atoms with Gasteiger partial charge in [-0.2, -0.15) is 5.06 Å². The van der Waals surface area contributed by atoms with Gasteiger partial charge in [-0.05, 0) is 13.3 Å². The van der Waals surface area contributed by atoms with E-state index in [0.717, 1.165) is 24.3 Å². The lowest BCUT2D eigenvalue weighted by Crippen LogP contribution is -2.30. The molecule has 1 unspecified atom stereocenters. The van der Waals surface area contributed by atoms with Gasteiger partial charge in [0.1, 0.15) is 6.23 Å². The van der Waals surface area contributed by atoms with E-state index >= 15 is 0 Å². The van der Waals surface area contributed by atoms with Crippen LogP contribution in [0, 0.1) is 0 Å². The Hall–Kier alpha value is -0.120. The summed E-state index contributed by atoms with van der Waals surface area (Å²) in [5.74, 6) is 0. The molecular weight excluding hydrogens is 130 g/mol. The van der Waals surface area contributed by atoms with Crippen molar-refractivity contribution in [3.63, 3.8) is 0 Å². The zero-order chi connectivity index (χ0) is 7.98. The maximum Gasteiger partial charge on any atom is 0.126 e. The van der Waals surface area contributed by atoms with E-state index in [1.54, 1.807) is 6.92 Å². The van der Waals surface area contributed by atoms with Crippen LogP contribution in [-0.2, 0) is 0 Å². The number of rotatable bonds is 5. The quantitative estimate of drug-likeness (QED) is 0.349. The first kappa shape index (κ1) is 9.88. The Balaban J connectivity index is 3.13. The average Bonchev–Trinajstić information content (AvgIpc) is 1.88. The van der Waals surface area contributed by atoms with Crippen molar-refractivity contribution in [2.75, 3.05) is 6.54 Å². The standard InChI is InChI=1S/C7H17NO2/c1-3-4-5-6-8(10)7(2)9/h7,9-10H,3-6H2,1-2H3. The van der Waals surface area contributed by atoms with E-state index in [2.05, 4.69) is 6.92 Å². The van der Waals surface area contributed by atoms with E-state index in [0.29, 0.717) is 6.54 Å². The molecule has 0 amide bonds. The second kappa shape index (κ2) is 5.65. The Kier molecular flexibility index (Phi) is 5.58. The van der Waals surface area contributed by atoms with Crippen molar-refractivity contribution < 1.29 is 10.3 Å². The summed E-state index contributed by atoms with van der Waals surface area (Å²) in [6, 6.07) is 0. The molecule has 0 spiro atoms. The van der Waals surface area contributed by atoms with Crippen molar-refractivity contribution in [3.8, 4) is 0 Å². The van der Waals surface area contributed by atoms with Gasteiger partial charge < -0.3 is 10.3 Å². The predicted molar refractivity (Wildman–Crippen MR) is 39.7 cm³/mol. The number of aliphatic hydroxyl groups excluding tert-OH is 1. The third-order valence-corrected chi connectivity index (χ3v) is 1.42. The molecule has 0 aliphatic carbocycles. The van der Waals surface area contributed by atoms with Gasteiger partial charge in [-0.1, -0.05) is 19.8 Å². The molecule has 0 aromatic carbocycles. The first-order valence-corrected chi connectivity index (χ1v) is 3.82. The minimum Gasteiger partial charge on any atom is -0.377 e. The van der Waals surface area contributed by atoms with Crippen molar-refractivity contribution in [1.29, 1.82) is 0 Å². The monoisotopic (exact) mass is 147 g/mol. The van der Waals surface area contributed by atoms with Gasteiger partial charge >= 0.3 is 0 Å². The third kappa shape index (κ3) is 4.73. The van der Waals surface area contributed by atoms with Gasteiger partial charge in [0, 0.05) is 6.54 Å². The molecule has 0 fully saturated rings. The lowest BCUT2D eigenvalue weighted by Gasteiger charge is -2.16. The van der Waals surface area contributed by atoms with Gasteiger partial charge in [-0.3, -0.25) is 0 Å². The Morgan fingerprint density at radius 1 is 1.40 bits per heavy atom. The summed E-state index contributed by atoms with van der Waals surface area (Å²) in [7, 11) is 0. The van der Waals surface area contributed by atoms with Crippen molar-refractivity contribution in [1.82, 2.24) is 5.06 Å². The van der Waals surface area contributed by atoms with Crippen LogP contribution in [0.2, 0.25) is 0 Å². The lowest BCUT2D eigenvalue weighted by atomic mass is 10.2. The van der Waals surface area contributed by atoms with Crippen LogP contribution in [0.1, 0.15) is 33.1 Å². The van der Waals surface area contributed by atoms with Gasteiger partial charge in [-0.25, -0.2) is 0 Å². The molecule has 3 heteroatoms. The number of unbranched alkanes of at least 4 members (excludes halogenated alkanes) is 2. The highest BCUT2D eigenvalue weighted by Gasteiger charge is 2.04. The largest absolute Gasteiger partial charge is 0.377 e. The minimum absolute atomic E-state index is 0.561. The minimum atomic E-state index is -0.739. The SMILES string of the molecule is CCCCCN(O)C(C)O. The molecule has 0 heterocycles. The van der Waals surface area contributed by atoms with Crippen molar-refractivity contribution in [2.24, 2.45) is 0 Å². The van der Waals surface area contributed by atoms with E-state index in [1.165, 1.54) is 0 Å². The third-order valence-electron chi connectivity index (χ3n) is 1.42. The van der Waals surface area contributed by atoms with Crippen LogP contribution in [0.5, 0.6) is 0 Å². The molecule has 0 aliphatic heterocycles. The van der Waals surface area contributed by atoms with Gasteiger partial charge in [0.05, 0.1) is 0 Å². The molecule has 1 atom stereocenters. The smallest absolute Gasteiger partial charge is 0.126 e. The fourth-order valence-electron chi connectivity index (χ4n) is 0.711. The topological polar surface area (TPSA) is 43.7 Å². The molecule has 0 saturated carbocycles. The molecule has 0 radical (unpaired) electrons. The van der Waals surface area contributed by atoms with E-state index in [1.807, 2.05) is 0 Å². The lowest BCUT2D eigenvalue weighted by molar-refractivity contribution is -0.188. The zero-order valence-electron chi connectivity index (χ0n) is 6.75. The Bertz CT molecular complexity index is 76.0. The van der Waals surface area contributed by atoms with Crippen LogP contribution >= 0.6 is 0 Å². The molecule has 0 bridgehead atoms. The predicted octanol–water partition coefficient (Wildman–Crippen LogP) is 1.21. The summed E-state index contributed by atoms with van der Waals surface area (Å²) in [6.45, 7) is 4.21. The highest BCUT2D eigenvalue weighted by atomic mass is 16.5. The summed E-state index contributed by atoms with van der Waals surface area (Å²) < 4.78 is 0. The van der Waals surface area contributed by atoms with Gasteiger partial charge in [0.2, 0.25) is 0 Å². The Morgan fingerprint density at radius 2 is 2.00 bits per heavy atom. The summed E-state index contributed by atoms with van der Waals surface area (Å²) in [5, 5.41) is 18.7. The summed E-state index contributed by atoms with van der Waals surface area (Å²) in [5.41, 5.74) is 0. The summed E-state index contributed by atoms with van der Waals surface area (Å²) in [6.07, 6.45) is 2.44. The highest BCUT2D eigenvalue weighted by Crippen LogP contribution is 1.97. The van der Waals surface area contributed by atoms with Crippen molar-refractivity contribution >= 4 is 0 Å². The second-order valence-electron chi connectivity index (χ2n) is 2.50.